The van der Waals surface area contributed by atoms with Gasteiger partial charge in [0.1, 0.15) is 5.60 Å². The summed E-state index contributed by atoms with van der Waals surface area (Å²) in [5.41, 5.74) is -1.03. The summed E-state index contributed by atoms with van der Waals surface area (Å²) >= 11 is 0. The average Bonchev–Trinajstić information content (AvgIpc) is 2.32. The van der Waals surface area contributed by atoms with Gasteiger partial charge in [0.2, 0.25) is 0 Å². The van der Waals surface area contributed by atoms with Crippen LogP contribution in [-0.2, 0) is 4.74 Å². The number of carboxylic acid groups (broad SMARTS) is 1. The highest BCUT2D eigenvalue weighted by atomic mass is 16.6. The molecule has 0 aromatic heterocycles. The van der Waals surface area contributed by atoms with Crippen molar-refractivity contribution in [3.8, 4) is 0 Å². The Morgan fingerprint density at radius 2 is 1.70 bits per heavy atom. The molecule has 0 radical (unpaired) electrons. The Kier molecular flexibility index (Phi) is 8.37. The van der Waals surface area contributed by atoms with Crippen molar-refractivity contribution < 1.29 is 24.5 Å². The summed E-state index contributed by atoms with van der Waals surface area (Å²) in [7, 11) is 0. The predicted molar refractivity (Wildman–Crippen MR) is 88.6 cm³/mol. The Labute approximate surface area is 139 Å². The van der Waals surface area contributed by atoms with Gasteiger partial charge in [-0.1, -0.05) is 0 Å². The van der Waals surface area contributed by atoms with Gasteiger partial charge in [-0.3, -0.25) is 0 Å². The summed E-state index contributed by atoms with van der Waals surface area (Å²) in [6.45, 7) is 11.1. The van der Waals surface area contributed by atoms with Gasteiger partial charge in [0.15, 0.2) is 0 Å². The number of nitrogens with one attached hydrogen (secondary N) is 1. The standard InChI is InChI=1S/C16H32N2O5/c1-15(2,3)18(14(21)22)10-8-7-9-12(11-19)17-13(20)23-16(4,5)6/h12,19H,7-11H2,1-6H3,(H,17,20)(H,21,22)/t12-/m0/s1. The minimum absolute atomic E-state index is 0.179. The quantitative estimate of drug-likeness (QED) is 0.623. The topological polar surface area (TPSA) is 99.1 Å². The van der Waals surface area contributed by atoms with E-state index in [1.54, 1.807) is 20.8 Å². The number of alkyl carbamates (subject to hydrolysis) is 1. The third-order valence-corrected chi connectivity index (χ3v) is 3.17. The molecule has 0 aliphatic rings. The SMILES string of the molecule is CC(C)(C)OC(=O)N[C@H](CO)CCCCN(C(=O)O)C(C)(C)C. The smallest absolute Gasteiger partial charge is 0.407 e. The van der Waals surface area contributed by atoms with Crippen LogP contribution in [0.25, 0.3) is 0 Å². The highest BCUT2D eigenvalue weighted by molar-refractivity contribution is 5.68. The molecule has 3 N–H and O–H groups in total. The molecule has 0 aromatic rings. The Balaban J connectivity index is 4.23. The maximum absolute atomic E-state index is 11.7. The number of nitrogens with zero attached hydrogens (tertiary/aromatic N) is 1. The first kappa shape index (κ1) is 21.5. The molecule has 0 aliphatic carbocycles. The van der Waals surface area contributed by atoms with Gasteiger partial charge in [-0.05, 0) is 60.8 Å². The number of aliphatic hydroxyl groups excluding tert-OH is 1. The van der Waals surface area contributed by atoms with Crippen LogP contribution in [0.1, 0.15) is 60.8 Å². The Morgan fingerprint density at radius 1 is 1.13 bits per heavy atom. The number of aliphatic hydroxyl groups is 1. The number of carbonyl (C=O) groups excluding carboxylic acids is 1. The van der Waals surface area contributed by atoms with E-state index in [9.17, 15) is 19.8 Å². The van der Waals surface area contributed by atoms with Crippen LogP contribution in [0.15, 0.2) is 0 Å². The summed E-state index contributed by atoms with van der Waals surface area (Å²) in [4.78, 5) is 24.3. The molecule has 0 fully saturated rings. The number of ether oxygens (including phenoxy) is 1. The maximum atomic E-state index is 11.7. The van der Waals surface area contributed by atoms with Gasteiger partial charge in [-0.2, -0.15) is 0 Å². The van der Waals surface area contributed by atoms with E-state index in [2.05, 4.69) is 5.32 Å². The first-order chi connectivity index (χ1) is 10.4. The fourth-order valence-electron chi connectivity index (χ4n) is 2.06. The van der Waals surface area contributed by atoms with Crippen LogP contribution >= 0.6 is 0 Å². The van der Waals surface area contributed by atoms with Crippen molar-refractivity contribution in [2.24, 2.45) is 0 Å². The number of unbranched alkanes of at least 4 members (excludes halogenated alkanes) is 1. The molecule has 0 spiro atoms. The summed E-state index contributed by atoms with van der Waals surface area (Å²) in [6, 6.07) is -0.391. The first-order valence-corrected chi connectivity index (χ1v) is 7.97. The lowest BCUT2D eigenvalue weighted by Gasteiger charge is -2.33. The summed E-state index contributed by atoms with van der Waals surface area (Å²) < 4.78 is 5.14. The number of hydrogen-bond acceptors (Lipinski definition) is 4. The molecule has 7 nitrogen and oxygen atoms in total. The van der Waals surface area contributed by atoms with Gasteiger partial charge < -0.3 is 25.2 Å². The second-order valence-corrected chi connectivity index (χ2v) is 7.63. The molecule has 7 heteroatoms. The van der Waals surface area contributed by atoms with Crippen molar-refractivity contribution in [1.29, 1.82) is 0 Å². The van der Waals surface area contributed by atoms with E-state index in [1.165, 1.54) is 4.90 Å². The number of hydrogen-bond donors (Lipinski definition) is 3. The molecule has 0 saturated carbocycles. The summed E-state index contributed by atoms with van der Waals surface area (Å²) in [5.74, 6) is 0. The van der Waals surface area contributed by atoms with Gasteiger partial charge >= 0.3 is 12.2 Å². The highest BCUT2D eigenvalue weighted by Crippen LogP contribution is 2.15. The van der Waals surface area contributed by atoms with E-state index in [1.807, 2.05) is 20.8 Å². The minimum Gasteiger partial charge on any atom is -0.465 e. The Hall–Kier alpha value is -1.50. The molecule has 2 amide bonds. The summed E-state index contributed by atoms with van der Waals surface area (Å²) in [5, 5.41) is 21.2. The van der Waals surface area contributed by atoms with E-state index in [0.29, 0.717) is 25.8 Å². The van der Waals surface area contributed by atoms with E-state index < -0.39 is 29.4 Å². The second-order valence-electron chi connectivity index (χ2n) is 7.63. The highest BCUT2D eigenvalue weighted by Gasteiger charge is 2.25. The van der Waals surface area contributed by atoms with Gasteiger partial charge in [0, 0.05) is 12.1 Å². The molecule has 0 rings (SSSR count). The predicted octanol–water partition coefficient (Wildman–Crippen LogP) is 2.82. The molecule has 0 saturated heterocycles. The zero-order valence-electron chi connectivity index (χ0n) is 15.2. The van der Waals surface area contributed by atoms with E-state index >= 15 is 0 Å². The van der Waals surface area contributed by atoms with Crippen molar-refractivity contribution in [2.75, 3.05) is 13.2 Å². The lowest BCUT2D eigenvalue weighted by molar-refractivity contribution is 0.0478. The van der Waals surface area contributed by atoms with E-state index in [0.717, 1.165) is 0 Å². The maximum Gasteiger partial charge on any atom is 0.407 e. The van der Waals surface area contributed by atoms with E-state index in [4.69, 9.17) is 4.74 Å². The molecule has 136 valence electrons. The van der Waals surface area contributed by atoms with Crippen molar-refractivity contribution in [2.45, 2.75) is 78.0 Å². The molecule has 1 atom stereocenters. The lowest BCUT2D eigenvalue weighted by atomic mass is 10.1. The van der Waals surface area contributed by atoms with Gasteiger partial charge in [-0.15, -0.1) is 0 Å². The minimum atomic E-state index is -0.942. The number of rotatable bonds is 7. The third-order valence-electron chi connectivity index (χ3n) is 3.17. The van der Waals surface area contributed by atoms with Crippen LogP contribution in [-0.4, -0.2) is 57.6 Å². The molecule has 0 unspecified atom stereocenters. The Bertz CT molecular complexity index is 385. The summed E-state index contributed by atoms with van der Waals surface area (Å²) in [6.07, 6.45) is 0.422. The third kappa shape index (κ3) is 9.99. The molecule has 0 aromatic carbocycles. The zero-order chi connectivity index (χ0) is 18.3. The van der Waals surface area contributed by atoms with Crippen molar-refractivity contribution in [3.63, 3.8) is 0 Å². The first-order valence-electron chi connectivity index (χ1n) is 7.97. The average molecular weight is 332 g/mol. The van der Waals surface area contributed by atoms with Gasteiger partial charge in [0.05, 0.1) is 12.6 Å². The molecule has 0 heterocycles. The molecule has 0 aliphatic heterocycles. The fourth-order valence-corrected chi connectivity index (χ4v) is 2.06. The van der Waals surface area contributed by atoms with E-state index in [-0.39, 0.29) is 6.61 Å². The Morgan fingerprint density at radius 3 is 2.09 bits per heavy atom. The van der Waals surface area contributed by atoms with Crippen LogP contribution in [0.3, 0.4) is 0 Å². The van der Waals surface area contributed by atoms with Crippen molar-refractivity contribution in [1.82, 2.24) is 10.2 Å². The number of carbonyl (C=O) groups is 2. The lowest BCUT2D eigenvalue weighted by Crippen LogP contribution is -2.45. The van der Waals surface area contributed by atoms with Crippen LogP contribution in [0.5, 0.6) is 0 Å². The van der Waals surface area contributed by atoms with Gasteiger partial charge in [0.25, 0.3) is 0 Å². The zero-order valence-corrected chi connectivity index (χ0v) is 15.2. The van der Waals surface area contributed by atoms with Crippen LogP contribution in [0.2, 0.25) is 0 Å². The molecular weight excluding hydrogens is 300 g/mol. The van der Waals surface area contributed by atoms with Crippen LogP contribution in [0.4, 0.5) is 9.59 Å². The number of amides is 2. The normalized spacial score (nSPS) is 13.3. The molecule has 0 bridgehead atoms. The molecule has 23 heavy (non-hydrogen) atoms. The monoisotopic (exact) mass is 332 g/mol. The molecular formula is C16H32N2O5. The van der Waals surface area contributed by atoms with Gasteiger partial charge in [-0.25, -0.2) is 9.59 Å². The largest absolute Gasteiger partial charge is 0.465 e. The van der Waals surface area contributed by atoms with Crippen molar-refractivity contribution in [3.05, 3.63) is 0 Å². The van der Waals surface area contributed by atoms with Crippen molar-refractivity contribution >= 4 is 12.2 Å². The van der Waals surface area contributed by atoms with Crippen LogP contribution in [0, 0.1) is 0 Å². The van der Waals surface area contributed by atoms with Crippen LogP contribution < -0.4 is 5.32 Å². The fraction of sp³-hybridized carbons (Fsp3) is 0.875. The second kappa shape index (κ2) is 8.96.